The summed E-state index contributed by atoms with van der Waals surface area (Å²) in [5, 5.41) is 9.47. The van der Waals surface area contributed by atoms with Crippen LogP contribution in [0.25, 0.3) is 0 Å². The van der Waals surface area contributed by atoms with Crippen molar-refractivity contribution in [2.24, 2.45) is 0 Å². The normalized spacial score (nSPS) is 19.3. The maximum atomic E-state index is 15.0. The zero-order valence-electron chi connectivity index (χ0n) is 16.0. The molecule has 1 N–H and O–H groups in total. The van der Waals surface area contributed by atoms with Crippen molar-refractivity contribution in [3.8, 4) is 5.75 Å². The van der Waals surface area contributed by atoms with Crippen molar-refractivity contribution in [2.75, 3.05) is 9.80 Å². The van der Waals surface area contributed by atoms with Crippen molar-refractivity contribution in [3.63, 3.8) is 0 Å². The van der Waals surface area contributed by atoms with Gasteiger partial charge in [0, 0.05) is 18.9 Å². The average Bonchev–Trinajstić information content (AvgIpc) is 3.45. The molecule has 0 bridgehead atoms. The van der Waals surface area contributed by atoms with Crippen LogP contribution in [0.15, 0.2) is 30.3 Å². The maximum Gasteiger partial charge on any atom is 0.326 e. The number of carboxylic acid groups (broad SMARTS) is 1. The first-order valence-electron chi connectivity index (χ1n) is 9.42. The van der Waals surface area contributed by atoms with Crippen LogP contribution in [-0.2, 0) is 9.59 Å². The minimum absolute atomic E-state index is 0.0610. The monoisotopic (exact) mass is 428 g/mol. The van der Waals surface area contributed by atoms with Crippen LogP contribution in [0.1, 0.15) is 40.5 Å². The standard InChI is InChI=1S/C21H14F2N2O6/c1-9(19(28)29)24-15-8-14(13(23)7-16(15)31-21(4-5-21)20(24)30)25-17(26)11-3-2-10(22)6-12(11)18(25)27/h2-3,6-9H,4-5H2,1H3,(H,28,29). The fourth-order valence-electron chi connectivity index (χ4n) is 3.91. The van der Waals surface area contributed by atoms with Gasteiger partial charge in [-0.2, -0.15) is 0 Å². The fourth-order valence-corrected chi connectivity index (χ4v) is 3.91. The van der Waals surface area contributed by atoms with Crippen LogP contribution in [0.2, 0.25) is 0 Å². The van der Waals surface area contributed by atoms with Gasteiger partial charge in [-0.15, -0.1) is 0 Å². The van der Waals surface area contributed by atoms with Gasteiger partial charge in [0.2, 0.25) is 0 Å². The highest BCUT2D eigenvalue weighted by Crippen LogP contribution is 2.51. The van der Waals surface area contributed by atoms with Crippen LogP contribution in [0, 0.1) is 11.6 Å². The number of carbonyl (C=O) groups excluding carboxylic acids is 3. The van der Waals surface area contributed by atoms with Crippen molar-refractivity contribution in [1.82, 2.24) is 0 Å². The molecule has 1 atom stereocenters. The van der Waals surface area contributed by atoms with Gasteiger partial charge in [-0.05, 0) is 31.2 Å². The van der Waals surface area contributed by atoms with Crippen molar-refractivity contribution in [1.29, 1.82) is 0 Å². The molecule has 0 aromatic heterocycles. The number of aliphatic carboxylic acids is 1. The molecule has 2 heterocycles. The van der Waals surface area contributed by atoms with Crippen molar-refractivity contribution in [2.45, 2.75) is 31.4 Å². The highest BCUT2D eigenvalue weighted by Gasteiger charge is 2.59. The molecule has 1 spiro atoms. The first kappa shape index (κ1) is 19.2. The molecule has 0 radical (unpaired) electrons. The Balaban J connectivity index is 1.65. The number of halogens is 2. The van der Waals surface area contributed by atoms with Gasteiger partial charge in [-0.1, -0.05) is 0 Å². The predicted octanol–water partition coefficient (Wildman–Crippen LogP) is 2.50. The first-order chi connectivity index (χ1) is 14.6. The molecule has 158 valence electrons. The van der Waals surface area contributed by atoms with Crippen LogP contribution in [0.5, 0.6) is 5.75 Å². The number of imide groups is 1. The van der Waals surface area contributed by atoms with Gasteiger partial charge in [-0.3, -0.25) is 19.3 Å². The van der Waals surface area contributed by atoms with E-state index in [9.17, 15) is 28.7 Å². The summed E-state index contributed by atoms with van der Waals surface area (Å²) in [4.78, 5) is 51.6. The van der Waals surface area contributed by atoms with Crippen LogP contribution in [-0.4, -0.2) is 40.4 Å². The molecule has 5 rings (SSSR count). The lowest BCUT2D eigenvalue weighted by atomic mass is 10.1. The molecule has 0 saturated heterocycles. The second-order valence-corrected chi connectivity index (χ2v) is 7.69. The molecule has 1 saturated carbocycles. The van der Waals surface area contributed by atoms with E-state index < -0.39 is 52.7 Å². The van der Waals surface area contributed by atoms with Gasteiger partial charge >= 0.3 is 5.97 Å². The minimum atomic E-state index is -1.30. The minimum Gasteiger partial charge on any atom is -0.480 e. The molecular weight excluding hydrogens is 414 g/mol. The van der Waals surface area contributed by atoms with Crippen LogP contribution in [0.4, 0.5) is 20.2 Å². The third-order valence-corrected chi connectivity index (χ3v) is 5.74. The molecule has 2 aromatic carbocycles. The number of amides is 3. The zero-order valence-corrected chi connectivity index (χ0v) is 16.0. The van der Waals surface area contributed by atoms with Crippen molar-refractivity contribution >= 4 is 35.1 Å². The zero-order chi connectivity index (χ0) is 22.2. The highest BCUT2D eigenvalue weighted by molar-refractivity contribution is 6.34. The van der Waals surface area contributed by atoms with Crippen LogP contribution >= 0.6 is 0 Å². The summed E-state index contributed by atoms with van der Waals surface area (Å²) in [6, 6.07) is 3.67. The van der Waals surface area contributed by atoms with E-state index in [1.807, 2.05) is 0 Å². The SMILES string of the molecule is CC(C(=O)O)N1C(=O)C2(CC2)Oc2cc(F)c(N3C(=O)c4ccc(F)cc4C3=O)cc21. The van der Waals surface area contributed by atoms with E-state index in [0.717, 1.165) is 35.2 Å². The number of benzene rings is 2. The molecule has 3 aliphatic rings. The van der Waals surface area contributed by atoms with E-state index in [1.165, 1.54) is 6.92 Å². The van der Waals surface area contributed by atoms with Gasteiger partial charge in [0.25, 0.3) is 17.7 Å². The first-order valence-corrected chi connectivity index (χ1v) is 9.42. The van der Waals surface area contributed by atoms with Gasteiger partial charge in [-0.25, -0.2) is 18.5 Å². The number of fused-ring (bicyclic) bond motifs is 2. The van der Waals surface area contributed by atoms with E-state index >= 15 is 4.39 Å². The van der Waals surface area contributed by atoms with Gasteiger partial charge in [0.1, 0.15) is 17.6 Å². The Morgan fingerprint density at radius 1 is 1.06 bits per heavy atom. The van der Waals surface area contributed by atoms with Crippen LogP contribution < -0.4 is 14.5 Å². The van der Waals surface area contributed by atoms with E-state index in [1.54, 1.807) is 0 Å². The molecule has 8 nitrogen and oxygen atoms in total. The third kappa shape index (κ3) is 2.57. The Morgan fingerprint density at radius 3 is 2.39 bits per heavy atom. The van der Waals surface area contributed by atoms with E-state index in [4.69, 9.17) is 4.74 Å². The summed E-state index contributed by atoms with van der Waals surface area (Å²) < 4.78 is 34.2. The van der Waals surface area contributed by atoms with Gasteiger partial charge in [0.05, 0.1) is 22.5 Å². The molecular formula is C21H14F2N2O6. The Hall–Kier alpha value is -3.82. The predicted molar refractivity (Wildman–Crippen MR) is 101 cm³/mol. The molecule has 2 aliphatic heterocycles. The Bertz CT molecular complexity index is 1220. The largest absolute Gasteiger partial charge is 0.480 e. The second kappa shape index (κ2) is 6.10. The number of rotatable bonds is 3. The maximum absolute atomic E-state index is 15.0. The summed E-state index contributed by atoms with van der Waals surface area (Å²) in [6.45, 7) is 1.29. The summed E-state index contributed by atoms with van der Waals surface area (Å²) in [7, 11) is 0. The highest BCUT2D eigenvalue weighted by atomic mass is 19.1. The summed E-state index contributed by atoms with van der Waals surface area (Å²) in [6.07, 6.45) is 0.725. The van der Waals surface area contributed by atoms with Crippen molar-refractivity contribution in [3.05, 3.63) is 53.1 Å². The Morgan fingerprint density at radius 2 is 1.74 bits per heavy atom. The number of hydrogen-bond acceptors (Lipinski definition) is 5. The number of carbonyl (C=O) groups is 4. The fraction of sp³-hybridized carbons (Fsp3) is 0.238. The van der Waals surface area contributed by atoms with E-state index in [-0.39, 0.29) is 22.6 Å². The van der Waals surface area contributed by atoms with Crippen molar-refractivity contribution < 1.29 is 37.8 Å². The van der Waals surface area contributed by atoms with Crippen LogP contribution in [0.3, 0.4) is 0 Å². The molecule has 2 aromatic rings. The Kier molecular flexibility index (Phi) is 3.77. The quantitative estimate of drug-likeness (QED) is 0.754. The molecule has 1 unspecified atom stereocenters. The lowest BCUT2D eigenvalue weighted by Gasteiger charge is -2.37. The summed E-state index contributed by atoms with van der Waals surface area (Å²) in [5.41, 5.74) is -2.10. The Labute approximate surface area is 173 Å². The number of nitrogens with zero attached hydrogens (tertiary/aromatic N) is 2. The van der Waals surface area contributed by atoms with E-state index in [2.05, 4.69) is 0 Å². The van der Waals surface area contributed by atoms with Gasteiger partial charge in [0.15, 0.2) is 11.4 Å². The summed E-state index contributed by atoms with van der Waals surface area (Å²) >= 11 is 0. The molecule has 1 aliphatic carbocycles. The number of carboxylic acids is 1. The lowest BCUT2D eigenvalue weighted by Crippen LogP contribution is -2.53. The smallest absolute Gasteiger partial charge is 0.326 e. The number of anilines is 2. The van der Waals surface area contributed by atoms with Gasteiger partial charge < -0.3 is 9.84 Å². The lowest BCUT2D eigenvalue weighted by molar-refractivity contribution is -0.141. The third-order valence-electron chi connectivity index (χ3n) is 5.74. The average molecular weight is 428 g/mol. The topological polar surface area (TPSA) is 104 Å². The molecule has 31 heavy (non-hydrogen) atoms. The second-order valence-electron chi connectivity index (χ2n) is 7.69. The van der Waals surface area contributed by atoms with E-state index in [0.29, 0.717) is 17.7 Å². The molecule has 10 heteroatoms. The number of ether oxygens (including phenoxy) is 1. The molecule has 3 amide bonds. The summed E-state index contributed by atoms with van der Waals surface area (Å²) in [5.74, 6) is -5.45. The molecule has 1 fully saturated rings. The number of hydrogen-bond donors (Lipinski definition) is 1.